The van der Waals surface area contributed by atoms with Crippen LogP contribution in [-0.2, 0) is 16.1 Å². The Bertz CT molecular complexity index is 375. The number of carbonyl (C=O) groups excluding carboxylic acids is 1. The third-order valence-electron chi connectivity index (χ3n) is 2.05. The average molecular weight is 224 g/mol. The lowest BCUT2D eigenvalue weighted by Gasteiger charge is -2.19. The molecule has 0 saturated carbocycles. The number of esters is 1. The fraction of sp³-hybridized carbons (Fsp3) is 0.667. The van der Waals surface area contributed by atoms with Gasteiger partial charge in [0, 0.05) is 5.69 Å². The van der Waals surface area contributed by atoms with Gasteiger partial charge < -0.3 is 4.74 Å². The van der Waals surface area contributed by atoms with Crippen molar-refractivity contribution >= 4 is 5.97 Å². The van der Waals surface area contributed by atoms with Crippen molar-refractivity contribution in [1.82, 2.24) is 9.78 Å². The summed E-state index contributed by atoms with van der Waals surface area (Å²) in [5.74, 6) is -0.181. The Hall–Kier alpha value is -1.32. The lowest BCUT2D eigenvalue weighted by atomic mass is 10.2. The number of aryl methyl sites for hydroxylation is 3. The maximum absolute atomic E-state index is 11.5. The van der Waals surface area contributed by atoms with Gasteiger partial charge >= 0.3 is 5.97 Å². The average Bonchev–Trinajstić information content (AvgIpc) is 2.38. The molecule has 0 unspecified atom stereocenters. The lowest BCUT2D eigenvalue weighted by molar-refractivity contribution is -0.155. The predicted molar refractivity (Wildman–Crippen MR) is 62.2 cm³/mol. The molecule has 1 aromatic heterocycles. The first kappa shape index (κ1) is 12.7. The van der Waals surface area contributed by atoms with E-state index in [0.29, 0.717) is 13.0 Å². The van der Waals surface area contributed by atoms with Gasteiger partial charge in [0.05, 0.1) is 18.7 Å². The van der Waals surface area contributed by atoms with Gasteiger partial charge in [-0.1, -0.05) is 0 Å². The second-order valence-corrected chi connectivity index (χ2v) is 4.99. The number of hydrogen-bond acceptors (Lipinski definition) is 3. The molecule has 4 heteroatoms. The third kappa shape index (κ3) is 4.04. The summed E-state index contributed by atoms with van der Waals surface area (Å²) in [5.41, 5.74) is 1.63. The topological polar surface area (TPSA) is 44.1 Å². The second kappa shape index (κ2) is 4.68. The molecule has 4 nitrogen and oxygen atoms in total. The molecule has 0 atom stereocenters. The molecular formula is C12H20N2O2. The SMILES string of the molecule is Cc1cc(C)n(CCC(=O)OC(C)(C)C)n1. The quantitative estimate of drug-likeness (QED) is 0.739. The molecule has 1 rings (SSSR count). The minimum atomic E-state index is -0.411. The van der Waals surface area contributed by atoms with Crippen LogP contribution < -0.4 is 0 Å². The molecule has 90 valence electrons. The lowest BCUT2D eigenvalue weighted by Crippen LogP contribution is -2.24. The summed E-state index contributed by atoms with van der Waals surface area (Å²) in [5, 5.41) is 4.29. The molecule has 0 radical (unpaired) electrons. The van der Waals surface area contributed by atoms with E-state index in [1.54, 1.807) is 0 Å². The molecule has 1 aromatic rings. The fourth-order valence-corrected chi connectivity index (χ4v) is 1.49. The molecule has 0 N–H and O–H groups in total. The molecule has 16 heavy (non-hydrogen) atoms. The highest BCUT2D eigenvalue weighted by Crippen LogP contribution is 2.09. The standard InChI is InChI=1S/C12H20N2O2/c1-9-8-10(2)14(13-9)7-6-11(15)16-12(3,4)5/h8H,6-7H2,1-5H3. The summed E-state index contributed by atoms with van der Waals surface area (Å²) in [7, 11) is 0. The minimum Gasteiger partial charge on any atom is -0.460 e. The Morgan fingerprint density at radius 3 is 2.50 bits per heavy atom. The third-order valence-corrected chi connectivity index (χ3v) is 2.05. The summed E-state index contributed by atoms with van der Waals surface area (Å²) in [6.45, 7) is 10.1. The van der Waals surface area contributed by atoms with Gasteiger partial charge in [-0.05, 0) is 40.7 Å². The zero-order valence-corrected chi connectivity index (χ0v) is 10.7. The minimum absolute atomic E-state index is 0.181. The molecule has 0 aliphatic heterocycles. The van der Waals surface area contributed by atoms with Crippen molar-refractivity contribution in [3.05, 3.63) is 17.5 Å². The van der Waals surface area contributed by atoms with E-state index in [-0.39, 0.29) is 5.97 Å². The van der Waals surface area contributed by atoms with Gasteiger partial charge in [0.1, 0.15) is 5.60 Å². The number of aromatic nitrogens is 2. The van der Waals surface area contributed by atoms with Gasteiger partial charge in [0.15, 0.2) is 0 Å². The summed E-state index contributed by atoms with van der Waals surface area (Å²) in [4.78, 5) is 11.5. The Labute approximate surface area is 96.6 Å². The maximum atomic E-state index is 11.5. The molecule has 0 aromatic carbocycles. The summed E-state index contributed by atoms with van der Waals surface area (Å²) < 4.78 is 7.06. The van der Waals surface area contributed by atoms with Crippen molar-refractivity contribution < 1.29 is 9.53 Å². The van der Waals surface area contributed by atoms with Crippen LogP contribution in [0.2, 0.25) is 0 Å². The fourth-order valence-electron chi connectivity index (χ4n) is 1.49. The number of hydrogen-bond donors (Lipinski definition) is 0. The van der Waals surface area contributed by atoms with Crippen LogP contribution in [0.3, 0.4) is 0 Å². The zero-order chi connectivity index (χ0) is 12.3. The summed E-state index contributed by atoms with van der Waals surface area (Å²) >= 11 is 0. The number of ether oxygens (including phenoxy) is 1. The van der Waals surface area contributed by atoms with E-state index in [4.69, 9.17) is 4.74 Å². The van der Waals surface area contributed by atoms with Crippen LogP contribution in [0.5, 0.6) is 0 Å². The smallest absolute Gasteiger partial charge is 0.308 e. The maximum Gasteiger partial charge on any atom is 0.308 e. The Kier molecular flexibility index (Phi) is 3.73. The van der Waals surface area contributed by atoms with Gasteiger partial charge in [0.25, 0.3) is 0 Å². The first-order valence-corrected chi connectivity index (χ1v) is 5.51. The van der Waals surface area contributed by atoms with Gasteiger partial charge in [-0.15, -0.1) is 0 Å². The van der Waals surface area contributed by atoms with Crippen LogP contribution >= 0.6 is 0 Å². The normalized spacial score (nSPS) is 11.6. The number of rotatable bonds is 3. The van der Waals surface area contributed by atoms with Crippen LogP contribution in [0.4, 0.5) is 0 Å². The molecule has 0 amide bonds. The van der Waals surface area contributed by atoms with Crippen LogP contribution in [0.25, 0.3) is 0 Å². The highest BCUT2D eigenvalue weighted by molar-refractivity contribution is 5.69. The van der Waals surface area contributed by atoms with Crippen LogP contribution in [0.1, 0.15) is 38.6 Å². The van der Waals surface area contributed by atoms with Gasteiger partial charge in [-0.25, -0.2) is 0 Å². The second-order valence-electron chi connectivity index (χ2n) is 4.99. The van der Waals surface area contributed by atoms with Crippen LogP contribution in [0, 0.1) is 13.8 Å². The van der Waals surface area contributed by atoms with E-state index in [1.807, 2.05) is 45.4 Å². The Balaban J connectivity index is 2.46. The molecule has 1 heterocycles. The molecule has 0 aliphatic rings. The van der Waals surface area contributed by atoms with Crippen molar-refractivity contribution in [2.45, 2.75) is 53.2 Å². The van der Waals surface area contributed by atoms with Crippen molar-refractivity contribution in [2.24, 2.45) is 0 Å². The van der Waals surface area contributed by atoms with Crippen molar-refractivity contribution in [3.63, 3.8) is 0 Å². The van der Waals surface area contributed by atoms with E-state index in [0.717, 1.165) is 11.4 Å². The number of carbonyl (C=O) groups is 1. The van der Waals surface area contributed by atoms with E-state index in [1.165, 1.54) is 0 Å². The van der Waals surface area contributed by atoms with Crippen LogP contribution in [-0.4, -0.2) is 21.4 Å². The highest BCUT2D eigenvalue weighted by Gasteiger charge is 2.16. The summed E-state index contributed by atoms with van der Waals surface area (Å²) in [6, 6.07) is 2.00. The van der Waals surface area contributed by atoms with Gasteiger partial charge in [0.2, 0.25) is 0 Å². The van der Waals surface area contributed by atoms with E-state index < -0.39 is 5.60 Å². The van der Waals surface area contributed by atoms with Crippen LogP contribution in [0.15, 0.2) is 6.07 Å². The largest absolute Gasteiger partial charge is 0.460 e. The molecule has 0 aliphatic carbocycles. The van der Waals surface area contributed by atoms with Crippen molar-refractivity contribution in [2.75, 3.05) is 0 Å². The molecule has 0 fully saturated rings. The monoisotopic (exact) mass is 224 g/mol. The molecular weight excluding hydrogens is 204 g/mol. The Morgan fingerprint density at radius 1 is 1.44 bits per heavy atom. The first-order chi connectivity index (χ1) is 7.28. The number of nitrogens with zero attached hydrogens (tertiary/aromatic N) is 2. The molecule has 0 bridgehead atoms. The van der Waals surface area contributed by atoms with Crippen molar-refractivity contribution in [1.29, 1.82) is 0 Å². The predicted octanol–water partition coefficient (Wildman–Crippen LogP) is 2.23. The molecule has 0 saturated heterocycles. The van der Waals surface area contributed by atoms with E-state index in [2.05, 4.69) is 5.10 Å². The summed E-state index contributed by atoms with van der Waals surface area (Å²) in [6.07, 6.45) is 0.360. The highest BCUT2D eigenvalue weighted by atomic mass is 16.6. The first-order valence-electron chi connectivity index (χ1n) is 5.51. The van der Waals surface area contributed by atoms with Gasteiger partial charge in [-0.2, -0.15) is 5.10 Å². The Morgan fingerprint density at radius 2 is 2.06 bits per heavy atom. The van der Waals surface area contributed by atoms with Gasteiger partial charge in [-0.3, -0.25) is 9.48 Å². The van der Waals surface area contributed by atoms with Crippen molar-refractivity contribution in [3.8, 4) is 0 Å². The van der Waals surface area contributed by atoms with E-state index in [9.17, 15) is 4.79 Å². The zero-order valence-electron chi connectivity index (χ0n) is 10.7. The van der Waals surface area contributed by atoms with E-state index >= 15 is 0 Å². The molecule has 0 spiro atoms.